The Morgan fingerprint density at radius 3 is 1.89 bits per heavy atom. The largest absolute Gasteiger partial charge is 0.469 e. The van der Waals surface area contributed by atoms with E-state index in [0.29, 0.717) is 37.1 Å². The first-order chi connectivity index (χ1) is 18.5. The van der Waals surface area contributed by atoms with Crippen molar-refractivity contribution in [2.24, 2.45) is 17.8 Å². The van der Waals surface area contributed by atoms with Gasteiger partial charge in [-0.2, -0.15) is 0 Å². The zero-order valence-corrected chi connectivity index (χ0v) is 24.6. The first kappa shape index (κ1) is 29.6. The number of alkyl halides is 1. The summed E-state index contributed by atoms with van der Waals surface area (Å²) < 4.78 is 20.5. The van der Waals surface area contributed by atoms with Crippen LogP contribution in [-0.2, 0) is 15.2 Å². The summed E-state index contributed by atoms with van der Waals surface area (Å²) in [5.41, 5.74) is 0.900. The molecule has 0 heterocycles. The zero-order valence-electron chi connectivity index (χ0n) is 24.6. The molecule has 3 saturated carbocycles. The van der Waals surface area contributed by atoms with Crippen molar-refractivity contribution >= 4 is 5.97 Å². The van der Waals surface area contributed by atoms with Crippen molar-refractivity contribution in [3.05, 3.63) is 35.4 Å². The molecule has 3 unspecified atom stereocenters. The number of carbonyl (C=O) groups excluding carboxylic acids is 1. The third-order valence-electron chi connectivity index (χ3n) is 10.5. The summed E-state index contributed by atoms with van der Waals surface area (Å²) in [4.78, 5) is 15.1. The Balaban J connectivity index is 1.60. The van der Waals surface area contributed by atoms with Crippen molar-refractivity contribution in [1.82, 2.24) is 4.90 Å². The first-order valence-corrected chi connectivity index (χ1v) is 16.1. The maximum atomic E-state index is 15.5. The molecule has 3 nitrogen and oxygen atoms in total. The monoisotopic (exact) mass is 527 g/mol. The first-order valence-electron chi connectivity index (χ1n) is 16.1. The lowest BCUT2D eigenvalue weighted by molar-refractivity contribution is -0.142. The molecule has 214 valence electrons. The molecular formula is C34H54FNO2. The van der Waals surface area contributed by atoms with Crippen molar-refractivity contribution < 1.29 is 13.9 Å². The maximum Gasteiger partial charge on any atom is 0.305 e. The lowest BCUT2D eigenvalue weighted by atomic mass is 9.72. The highest BCUT2D eigenvalue weighted by molar-refractivity contribution is 5.69. The molecule has 0 aliphatic heterocycles. The molecule has 3 atom stereocenters. The van der Waals surface area contributed by atoms with E-state index in [-0.39, 0.29) is 5.97 Å². The molecule has 0 radical (unpaired) electrons. The highest BCUT2D eigenvalue weighted by atomic mass is 19.1. The van der Waals surface area contributed by atoms with Gasteiger partial charge in [-0.05, 0) is 92.6 Å². The Labute approximate surface area is 232 Å². The van der Waals surface area contributed by atoms with Crippen LogP contribution in [0.3, 0.4) is 0 Å². The lowest BCUT2D eigenvalue weighted by Gasteiger charge is -2.46. The average Bonchev–Trinajstić information content (AvgIpc) is 2.97. The van der Waals surface area contributed by atoms with Crippen LogP contribution in [0.25, 0.3) is 0 Å². The molecule has 3 aliphatic carbocycles. The van der Waals surface area contributed by atoms with Gasteiger partial charge in [0, 0.05) is 25.6 Å². The van der Waals surface area contributed by atoms with Crippen molar-refractivity contribution in [2.75, 3.05) is 20.2 Å². The summed E-state index contributed by atoms with van der Waals surface area (Å²) >= 11 is 0. The van der Waals surface area contributed by atoms with Crippen LogP contribution in [0.4, 0.5) is 4.39 Å². The summed E-state index contributed by atoms with van der Waals surface area (Å²) in [5, 5.41) is 0. The highest BCUT2D eigenvalue weighted by Crippen LogP contribution is 2.43. The number of methoxy groups -OCH3 is 1. The molecule has 0 saturated heterocycles. The molecule has 0 N–H and O–H groups in total. The van der Waals surface area contributed by atoms with Gasteiger partial charge in [0.25, 0.3) is 0 Å². The van der Waals surface area contributed by atoms with E-state index in [2.05, 4.69) is 29.2 Å². The van der Waals surface area contributed by atoms with Crippen molar-refractivity contribution in [2.45, 2.75) is 134 Å². The van der Waals surface area contributed by atoms with Gasteiger partial charge in [-0.25, -0.2) is 4.39 Å². The fourth-order valence-electron chi connectivity index (χ4n) is 7.98. The minimum atomic E-state index is -1.24. The Morgan fingerprint density at radius 1 is 0.842 bits per heavy atom. The number of benzene rings is 1. The predicted molar refractivity (Wildman–Crippen MR) is 155 cm³/mol. The third kappa shape index (κ3) is 7.61. The lowest BCUT2D eigenvalue weighted by Crippen LogP contribution is -2.47. The average molecular weight is 528 g/mol. The van der Waals surface area contributed by atoms with Crippen LogP contribution >= 0.6 is 0 Å². The van der Waals surface area contributed by atoms with Gasteiger partial charge in [0.2, 0.25) is 0 Å². The normalized spacial score (nSPS) is 26.0. The summed E-state index contributed by atoms with van der Waals surface area (Å²) in [6.45, 7) is 6.36. The highest BCUT2D eigenvalue weighted by Gasteiger charge is 2.38. The quantitative estimate of drug-likeness (QED) is 0.269. The standard InChI is InChI=1S/C34H54FNO2/c1-4-34(35,5-2)30-19-17-29(18-20-30)31-22-28(23-33(37)38-3)16-21-32(31)36(24-26-12-8-6-9-13-26)25-27-14-10-7-11-15-27/h17-20,26-28,31-32H,4-16,21-25H2,1-3H3. The predicted octanol–water partition coefficient (Wildman–Crippen LogP) is 8.95. The third-order valence-corrected chi connectivity index (χ3v) is 10.5. The van der Waals surface area contributed by atoms with Gasteiger partial charge in [0.1, 0.15) is 5.67 Å². The Bertz CT molecular complexity index is 819. The van der Waals surface area contributed by atoms with E-state index in [1.54, 1.807) is 0 Å². The summed E-state index contributed by atoms with van der Waals surface area (Å²) in [7, 11) is 1.50. The van der Waals surface area contributed by atoms with Crippen LogP contribution in [0.15, 0.2) is 24.3 Å². The Hall–Kier alpha value is -1.42. The number of ether oxygens (including phenoxy) is 1. The molecule has 3 fully saturated rings. The molecule has 3 aliphatic rings. The van der Waals surface area contributed by atoms with E-state index in [1.807, 2.05) is 13.8 Å². The van der Waals surface area contributed by atoms with E-state index >= 15 is 4.39 Å². The number of carbonyl (C=O) groups is 1. The van der Waals surface area contributed by atoms with Gasteiger partial charge in [-0.15, -0.1) is 0 Å². The van der Waals surface area contributed by atoms with Gasteiger partial charge >= 0.3 is 5.97 Å². The molecule has 4 heteroatoms. The minimum absolute atomic E-state index is 0.0862. The minimum Gasteiger partial charge on any atom is -0.469 e. The molecule has 4 rings (SSSR count). The molecule has 0 bridgehead atoms. The van der Waals surface area contributed by atoms with Crippen LogP contribution in [0.5, 0.6) is 0 Å². The van der Waals surface area contributed by atoms with Crippen LogP contribution in [0.2, 0.25) is 0 Å². The second-order valence-corrected chi connectivity index (χ2v) is 12.9. The maximum absolute atomic E-state index is 15.5. The second-order valence-electron chi connectivity index (χ2n) is 12.9. The number of halogens is 1. The summed E-state index contributed by atoms with van der Waals surface area (Å²) in [6.07, 6.45) is 18.7. The fourth-order valence-corrected chi connectivity index (χ4v) is 7.98. The molecule has 1 aromatic carbocycles. The van der Waals surface area contributed by atoms with Gasteiger partial charge in [-0.1, -0.05) is 76.6 Å². The molecular weight excluding hydrogens is 473 g/mol. The second kappa shape index (κ2) is 14.3. The van der Waals surface area contributed by atoms with Crippen LogP contribution in [-0.4, -0.2) is 37.1 Å². The van der Waals surface area contributed by atoms with Gasteiger partial charge in [0.15, 0.2) is 0 Å². The van der Waals surface area contributed by atoms with Crippen LogP contribution in [0.1, 0.15) is 134 Å². The van der Waals surface area contributed by atoms with E-state index in [1.165, 1.54) is 90.0 Å². The van der Waals surface area contributed by atoms with E-state index < -0.39 is 5.67 Å². The topological polar surface area (TPSA) is 29.5 Å². The van der Waals surface area contributed by atoms with Crippen LogP contribution < -0.4 is 0 Å². The Kier molecular flexibility index (Phi) is 11.1. The molecule has 0 spiro atoms. The smallest absolute Gasteiger partial charge is 0.305 e. The molecule has 1 aromatic rings. The van der Waals surface area contributed by atoms with Gasteiger partial charge in [-0.3, -0.25) is 9.69 Å². The van der Waals surface area contributed by atoms with Gasteiger partial charge < -0.3 is 4.74 Å². The SMILES string of the molecule is CCC(F)(CC)c1ccc(C2CC(CC(=O)OC)CCC2N(CC2CCCCC2)CC2CCCCC2)cc1. The van der Waals surface area contributed by atoms with E-state index in [4.69, 9.17) is 4.74 Å². The molecule has 38 heavy (non-hydrogen) atoms. The van der Waals surface area contributed by atoms with Crippen molar-refractivity contribution in [3.8, 4) is 0 Å². The van der Waals surface area contributed by atoms with Crippen molar-refractivity contribution in [3.63, 3.8) is 0 Å². The number of hydrogen-bond donors (Lipinski definition) is 0. The van der Waals surface area contributed by atoms with E-state index in [9.17, 15) is 4.79 Å². The van der Waals surface area contributed by atoms with Crippen LogP contribution in [0, 0.1) is 17.8 Å². The number of esters is 1. The summed E-state index contributed by atoms with van der Waals surface area (Å²) in [5.74, 6) is 2.31. The number of nitrogens with zero attached hydrogens (tertiary/aromatic N) is 1. The number of hydrogen-bond acceptors (Lipinski definition) is 3. The fraction of sp³-hybridized carbons (Fsp3) is 0.794. The Morgan fingerprint density at radius 2 is 1.39 bits per heavy atom. The van der Waals surface area contributed by atoms with E-state index in [0.717, 1.165) is 36.7 Å². The van der Waals surface area contributed by atoms with Gasteiger partial charge in [0.05, 0.1) is 7.11 Å². The van der Waals surface area contributed by atoms with Crippen molar-refractivity contribution in [1.29, 1.82) is 0 Å². The molecule has 0 aromatic heterocycles. The summed E-state index contributed by atoms with van der Waals surface area (Å²) in [6, 6.07) is 9.04. The zero-order chi connectivity index (χ0) is 27.0. The molecule has 0 amide bonds. The number of rotatable bonds is 11.